The highest BCUT2D eigenvalue weighted by Crippen LogP contribution is 2.21. The molecule has 0 atom stereocenters. The van der Waals surface area contributed by atoms with Gasteiger partial charge in [-0.25, -0.2) is 9.97 Å². The standard InChI is InChI=1S/C12H9N3O2/c1-7-2-4-8(5-3-7)11-15-9-10(16)13-6-14-12(9)17-11/h2-6H,1H3,(H,13,14,16). The first-order valence-corrected chi connectivity index (χ1v) is 5.15. The number of hydrogen-bond donors (Lipinski definition) is 1. The Labute approximate surface area is 96.1 Å². The third-order valence-electron chi connectivity index (χ3n) is 2.50. The molecule has 0 saturated carbocycles. The number of aromatic amines is 1. The van der Waals surface area contributed by atoms with Crippen LogP contribution in [-0.2, 0) is 0 Å². The molecule has 0 aliphatic heterocycles. The first-order valence-electron chi connectivity index (χ1n) is 5.15. The summed E-state index contributed by atoms with van der Waals surface area (Å²) in [6, 6.07) is 7.71. The van der Waals surface area contributed by atoms with Crippen molar-refractivity contribution in [2.24, 2.45) is 0 Å². The molecular formula is C12H9N3O2. The van der Waals surface area contributed by atoms with Crippen molar-refractivity contribution in [1.29, 1.82) is 0 Å². The van der Waals surface area contributed by atoms with Gasteiger partial charge in [-0.05, 0) is 19.1 Å². The molecule has 17 heavy (non-hydrogen) atoms. The summed E-state index contributed by atoms with van der Waals surface area (Å²) in [4.78, 5) is 22.0. The predicted molar refractivity (Wildman–Crippen MR) is 62.6 cm³/mol. The van der Waals surface area contributed by atoms with Gasteiger partial charge in [-0.15, -0.1) is 0 Å². The number of aromatic nitrogens is 3. The van der Waals surface area contributed by atoms with Crippen LogP contribution in [0.25, 0.3) is 22.7 Å². The predicted octanol–water partition coefficient (Wildman–Crippen LogP) is 1.89. The summed E-state index contributed by atoms with van der Waals surface area (Å²) in [5, 5.41) is 0. The van der Waals surface area contributed by atoms with Gasteiger partial charge in [0.15, 0.2) is 5.52 Å². The molecule has 5 heteroatoms. The molecule has 0 aliphatic carbocycles. The number of H-pyrrole nitrogens is 1. The van der Waals surface area contributed by atoms with E-state index in [2.05, 4.69) is 15.0 Å². The number of nitrogens with one attached hydrogen (secondary N) is 1. The third kappa shape index (κ3) is 1.61. The van der Waals surface area contributed by atoms with Crippen LogP contribution >= 0.6 is 0 Å². The molecule has 0 amide bonds. The Morgan fingerprint density at radius 1 is 1.24 bits per heavy atom. The van der Waals surface area contributed by atoms with Crippen LogP contribution in [0.2, 0.25) is 0 Å². The van der Waals surface area contributed by atoms with Crippen LogP contribution in [0.15, 0.2) is 39.8 Å². The van der Waals surface area contributed by atoms with Crippen molar-refractivity contribution in [3.63, 3.8) is 0 Å². The van der Waals surface area contributed by atoms with E-state index in [9.17, 15) is 4.79 Å². The van der Waals surface area contributed by atoms with Crippen LogP contribution in [0.4, 0.5) is 0 Å². The Kier molecular flexibility index (Phi) is 2.04. The highest BCUT2D eigenvalue weighted by atomic mass is 16.4. The van der Waals surface area contributed by atoms with E-state index >= 15 is 0 Å². The molecule has 0 bridgehead atoms. The molecule has 0 unspecified atom stereocenters. The quantitative estimate of drug-likeness (QED) is 0.689. The van der Waals surface area contributed by atoms with Crippen molar-refractivity contribution in [1.82, 2.24) is 15.0 Å². The summed E-state index contributed by atoms with van der Waals surface area (Å²) in [5.74, 6) is 0.407. The maximum absolute atomic E-state index is 11.5. The van der Waals surface area contributed by atoms with Gasteiger partial charge in [-0.2, -0.15) is 0 Å². The molecule has 84 valence electrons. The summed E-state index contributed by atoms with van der Waals surface area (Å²) in [6.07, 6.45) is 1.30. The van der Waals surface area contributed by atoms with Crippen molar-refractivity contribution in [2.45, 2.75) is 6.92 Å². The molecule has 2 aromatic heterocycles. The summed E-state index contributed by atoms with van der Waals surface area (Å²) < 4.78 is 5.43. The number of oxazole rings is 1. The molecule has 3 aromatic rings. The van der Waals surface area contributed by atoms with Crippen LogP contribution in [0.5, 0.6) is 0 Å². The molecule has 1 N–H and O–H groups in total. The number of aryl methyl sites for hydroxylation is 1. The monoisotopic (exact) mass is 227 g/mol. The minimum Gasteiger partial charge on any atom is -0.417 e. The van der Waals surface area contributed by atoms with Gasteiger partial charge < -0.3 is 9.40 Å². The van der Waals surface area contributed by atoms with Gasteiger partial charge in [0.2, 0.25) is 5.89 Å². The second-order valence-electron chi connectivity index (χ2n) is 3.77. The van der Waals surface area contributed by atoms with Crippen molar-refractivity contribution in [3.05, 3.63) is 46.5 Å². The molecule has 3 rings (SSSR count). The summed E-state index contributed by atoms with van der Waals surface area (Å²) in [5.41, 5.74) is 2.17. The number of fused-ring (bicyclic) bond motifs is 1. The van der Waals surface area contributed by atoms with Crippen molar-refractivity contribution >= 4 is 11.2 Å². The van der Waals surface area contributed by atoms with E-state index in [-0.39, 0.29) is 16.8 Å². The average Bonchev–Trinajstić information content (AvgIpc) is 2.75. The number of rotatable bonds is 1. The van der Waals surface area contributed by atoms with Gasteiger partial charge in [-0.3, -0.25) is 4.79 Å². The summed E-state index contributed by atoms with van der Waals surface area (Å²) in [6.45, 7) is 2.00. The molecular weight excluding hydrogens is 218 g/mol. The van der Waals surface area contributed by atoms with Gasteiger partial charge in [0.05, 0.1) is 6.33 Å². The van der Waals surface area contributed by atoms with E-state index in [4.69, 9.17) is 4.42 Å². The lowest BCUT2D eigenvalue weighted by atomic mass is 10.1. The minimum atomic E-state index is -0.294. The fraction of sp³-hybridized carbons (Fsp3) is 0.0833. The minimum absolute atomic E-state index is 0.225. The first kappa shape index (κ1) is 9.77. The van der Waals surface area contributed by atoms with Crippen molar-refractivity contribution in [3.8, 4) is 11.5 Å². The third-order valence-corrected chi connectivity index (χ3v) is 2.50. The normalized spacial score (nSPS) is 10.9. The molecule has 0 radical (unpaired) electrons. The smallest absolute Gasteiger partial charge is 0.280 e. The molecule has 0 fully saturated rings. The number of nitrogens with zero attached hydrogens (tertiary/aromatic N) is 2. The SMILES string of the molecule is Cc1ccc(-c2nc3c(=O)[nH]cnc3o2)cc1. The van der Waals surface area contributed by atoms with Gasteiger partial charge in [0.25, 0.3) is 11.3 Å². The molecule has 0 spiro atoms. The van der Waals surface area contributed by atoms with Crippen LogP contribution in [-0.4, -0.2) is 15.0 Å². The highest BCUT2D eigenvalue weighted by Gasteiger charge is 2.11. The number of hydrogen-bond acceptors (Lipinski definition) is 4. The zero-order valence-electron chi connectivity index (χ0n) is 9.10. The van der Waals surface area contributed by atoms with E-state index < -0.39 is 0 Å². The van der Waals surface area contributed by atoms with Crippen molar-refractivity contribution < 1.29 is 4.42 Å². The van der Waals surface area contributed by atoms with Gasteiger partial charge in [-0.1, -0.05) is 17.7 Å². The Morgan fingerprint density at radius 2 is 2.00 bits per heavy atom. The van der Waals surface area contributed by atoms with E-state index in [1.54, 1.807) is 0 Å². The highest BCUT2D eigenvalue weighted by molar-refractivity contribution is 5.71. The summed E-state index contributed by atoms with van der Waals surface area (Å²) >= 11 is 0. The lowest BCUT2D eigenvalue weighted by Crippen LogP contribution is -2.05. The van der Waals surface area contributed by atoms with E-state index in [0.29, 0.717) is 5.89 Å². The van der Waals surface area contributed by atoms with E-state index in [1.807, 2.05) is 31.2 Å². The van der Waals surface area contributed by atoms with Crippen LogP contribution in [0.1, 0.15) is 5.56 Å². The van der Waals surface area contributed by atoms with Gasteiger partial charge in [0, 0.05) is 5.56 Å². The lowest BCUT2D eigenvalue weighted by Gasteiger charge is -1.94. The lowest BCUT2D eigenvalue weighted by molar-refractivity contribution is 0.607. The van der Waals surface area contributed by atoms with Crippen LogP contribution in [0, 0.1) is 6.92 Å². The Balaban J connectivity index is 2.21. The maximum atomic E-state index is 11.5. The zero-order valence-corrected chi connectivity index (χ0v) is 9.10. The topological polar surface area (TPSA) is 71.8 Å². The fourth-order valence-corrected chi connectivity index (χ4v) is 1.58. The maximum Gasteiger partial charge on any atom is 0.280 e. The first-order chi connectivity index (χ1) is 8.24. The van der Waals surface area contributed by atoms with Gasteiger partial charge in [0.1, 0.15) is 0 Å². The zero-order chi connectivity index (χ0) is 11.8. The summed E-state index contributed by atoms with van der Waals surface area (Å²) in [7, 11) is 0. The molecule has 5 nitrogen and oxygen atoms in total. The molecule has 2 heterocycles. The second kappa shape index (κ2) is 3.55. The van der Waals surface area contributed by atoms with Gasteiger partial charge >= 0.3 is 0 Å². The van der Waals surface area contributed by atoms with Crippen LogP contribution < -0.4 is 5.56 Å². The Morgan fingerprint density at radius 3 is 2.71 bits per heavy atom. The van der Waals surface area contributed by atoms with Crippen molar-refractivity contribution in [2.75, 3.05) is 0 Å². The van der Waals surface area contributed by atoms with E-state index in [0.717, 1.165) is 11.1 Å². The molecule has 0 aliphatic rings. The van der Waals surface area contributed by atoms with E-state index in [1.165, 1.54) is 6.33 Å². The fourth-order valence-electron chi connectivity index (χ4n) is 1.58. The molecule has 1 aromatic carbocycles. The largest absolute Gasteiger partial charge is 0.417 e. The van der Waals surface area contributed by atoms with Crippen LogP contribution in [0.3, 0.4) is 0 Å². The molecule has 0 saturated heterocycles. The number of benzene rings is 1. The Hall–Kier alpha value is -2.43. The Bertz CT molecular complexity index is 725. The average molecular weight is 227 g/mol. The second-order valence-corrected chi connectivity index (χ2v) is 3.77.